The highest BCUT2D eigenvalue weighted by molar-refractivity contribution is 9.10. The molecule has 0 atom stereocenters. The van der Waals surface area contributed by atoms with Crippen LogP contribution in [0.3, 0.4) is 0 Å². The minimum absolute atomic E-state index is 0.227. The van der Waals surface area contributed by atoms with Crippen LogP contribution in [-0.4, -0.2) is 13.1 Å². The number of methoxy groups -OCH3 is 1. The summed E-state index contributed by atoms with van der Waals surface area (Å²) in [5, 5.41) is 0. The Labute approximate surface area is 98.1 Å². The third kappa shape index (κ3) is 3.88. The molecular formula is C12H13BrO2. The summed E-state index contributed by atoms with van der Waals surface area (Å²) < 4.78 is 5.57. The van der Waals surface area contributed by atoms with E-state index in [1.54, 1.807) is 6.08 Å². The first-order chi connectivity index (χ1) is 7.13. The van der Waals surface area contributed by atoms with Crippen molar-refractivity contribution in [2.45, 2.75) is 13.3 Å². The standard InChI is InChI=1S/C12H13BrO2/c1-9-6-7-10(11(13)8-9)4-3-5-12(14)15-2/h3-4,6-8H,5H2,1-2H3. The summed E-state index contributed by atoms with van der Waals surface area (Å²) >= 11 is 3.46. The zero-order chi connectivity index (χ0) is 11.3. The fourth-order valence-corrected chi connectivity index (χ4v) is 1.76. The number of aryl methyl sites for hydroxylation is 1. The van der Waals surface area contributed by atoms with E-state index in [9.17, 15) is 4.79 Å². The van der Waals surface area contributed by atoms with Crippen molar-refractivity contribution in [3.63, 3.8) is 0 Å². The molecule has 1 aromatic carbocycles. The predicted molar refractivity (Wildman–Crippen MR) is 64.5 cm³/mol. The van der Waals surface area contributed by atoms with Gasteiger partial charge in [-0.15, -0.1) is 0 Å². The first kappa shape index (κ1) is 12.0. The molecule has 0 radical (unpaired) electrons. The summed E-state index contributed by atoms with van der Waals surface area (Å²) in [5.74, 6) is -0.227. The summed E-state index contributed by atoms with van der Waals surface area (Å²) in [4.78, 5) is 10.9. The molecule has 0 amide bonds. The molecule has 15 heavy (non-hydrogen) atoms. The van der Waals surface area contributed by atoms with Crippen molar-refractivity contribution in [2.75, 3.05) is 7.11 Å². The lowest BCUT2D eigenvalue weighted by molar-refractivity contribution is -0.139. The van der Waals surface area contributed by atoms with Crippen LogP contribution in [0.4, 0.5) is 0 Å². The second kappa shape index (κ2) is 5.71. The Hall–Kier alpha value is -1.09. The van der Waals surface area contributed by atoms with E-state index in [0.717, 1.165) is 10.0 Å². The molecule has 0 aliphatic carbocycles. The van der Waals surface area contributed by atoms with Crippen LogP contribution < -0.4 is 0 Å². The average Bonchev–Trinajstić information content (AvgIpc) is 2.21. The van der Waals surface area contributed by atoms with E-state index in [0.29, 0.717) is 6.42 Å². The highest BCUT2D eigenvalue weighted by Crippen LogP contribution is 2.19. The van der Waals surface area contributed by atoms with Crippen LogP contribution in [0.5, 0.6) is 0 Å². The number of carbonyl (C=O) groups excluding carboxylic acids is 1. The maximum atomic E-state index is 10.9. The summed E-state index contributed by atoms with van der Waals surface area (Å²) in [6.07, 6.45) is 4.00. The molecule has 1 rings (SSSR count). The molecule has 2 nitrogen and oxygen atoms in total. The van der Waals surface area contributed by atoms with Crippen LogP contribution in [0, 0.1) is 6.92 Å². The number of ether oxygens (including phenoxy) is 1. The third-order valence-electron chi connectivity index (χ3n) is 1.97. The van der Waals surface area contributed by atoms with Crippen molar-refractivity contribution < 1.29 is 9.53 Å². The van der Waals surface area contributed by atoms with E-state index in [-0.39, 0.29) is 5.97 Å². The summed E-state index contributed by atoms with van der Waals surface area (Å²) in [7, 11) is 1.39. The molecule has 0 saturated heterocycles. The molecule has 0 aliphatic heterocycles. The molecule has 1 aromatic rings. The van der Waals surface area contributed by atoms with Crippen LogP contribution in [0.15, 0.2) is 28.7 Å². The molecule has 3 heteroatoms. The van der Waals surface area contributed by atoms with Gasteiger partial charge >= 0.3 is 5.97 Å². The van der Waals surface area contributed by atoms with Crippen LogP contribution in [-0.2, 0) is 9.53 Å². The van der Waals surface area contributed by atoms with Crippen LogP contribution >= 0.6 is 15.9 Å². The van der Waals surface area contributed by atoms with E-state index in [2.05, 4.69) is 20.7 Å². The van der Waals surface area contributed by atoms with Crippen molar-refractivity contribution in [3.05, 3.63) is 39.9 Å². The first-order valence-corrected chi connectivity index (χ1v) is 5.42. The zero-order valence-electron chi connectivity index (χ0n) is 8.79. The molecule has 0 spiro atoms. The maximum Gasteiger partial charge on any atom is 0.309 e. The number of esters is 1. The maximum absolute atomic E-state index is 10.9. The fourth-order valence-electron chi connectivity index (χ4n) is 1.13. The first-order valence-electron chi connectivity index (χ1n) is 4.63. The Balaban J connectivity index is 2.68. The zero-order valence-corrected chi connectivity index (χ0v) is 10.4. The van der Waals surface area contributed by atoms with Gasteiger partial charge in [-0.25, -0.2) is 0 Å². The van der Waals surface area contributed by atoms with Crippen molar-refractivity contribution in [2.24, 2.45) is 0 Å². The molecule has 0 N–H and O–H groups in total. The largest absolute Gasteiger partial charge is 0.469 e. The molecule has 0 aromatic heterocycles. The number of rotatable bonds is 3. The Kier molecular flexibility index (Phi) is 4.56. The number of carbonyl (C=O) groups is 1. The van der Waals surface area contributed by atoms with Gasteiger partial charge in [-0.05, 0) is 24.1 Å². The van der Waals surface area contributed by atoms with Gasteiger partial charge in [0.1, 0.15) is 0 Å². The van der Waals surface area contributed by atoms with Gasteiger partial charge in [0.05, 0.1) is 13.5 Å². The van der Waals surface area contributed by atoms with Gasteiger partial charge in [-0.3, -0.25) is 4.79 Å². The Morgan fingerprint density at radius 3 is 2.87 bits per heavy atom. The lowest BCUT2D eigenvalue weighted by Gasteiger charge is -1.99. The van der Waals surface area contributed by atoms with Gasteiger partial charge in [0, 0.05) is 4.47 Å². The Morgan fingerprint density at radius 2 is 2.27 bits per heavy atom. The van der Waals surface area contributed by atoms with Crippen LogP contribution in [0.25, 0.3) is 6.08 Å². The molecule has 0 heterocycles. The molecule has 0 bridgehead atoms. The lowest BCUT2D eigenvalue weighted by atomic mass is 10.1. The average molecular weight is 269 g/mol. The van der Waals surface area contributed by atoms with Crippen molar-refractivity contribution in [3.8, 4) is 0 Å². The Morgan fingerprint density at radius 1 is 1.53 bits per heavy atom. The molecule has 0 fully saturated rings. The van der Waals surface area contributed by atoms with Crippen molar-refractivity contribution in [1.29, 1.82) is 0 Å². The second-order valence-corrected chi connectivity index (χ2v) is 4.06. The lowest BCUT2D eigenvalue weighted by Crippen LogP contribution is -1.96. The van der Waals surface area contributed by atoms with Gasteiger partial charge in [0.25, 0.3) is 0 Å². The van der Waals surface area contributed by atoms with Gasteiger partial charge in [-0.2, -0.15) is 0 Å². The van der Waals surface area contributed by atoms with Crippen LogP contribution in [0.1, 0.15) is 17.5 Å². The SMILES string of the molecule is COC(=O)CC=Cc1ccc(C)cc1Br. The van der Waals surface area contributed by atoms with Crippen LogP contribution in [0.2, 0.25) is 0 Å². The van der Waals surface area contributed by atoms with Gasteiger partial charge in [-0.1, -0.05) is 40.2 Å². The van der Waals surface area contributed by atoms with Gasteiger partial charge in [0.15, 0.2) is 0 Å². The number of hydrogen-bond donors (Lipinski definition) is 0. The van der Waals surface area contributed by atoms with Crippen molar-refractivity contribution >= 4 is 28.0 Å². The molecule has 80 valence electrons. The molecular weight excluding hydrogens is 256 g/mol. The topological polar surface area (TPSA) is 26.3 Å². The smallest absolute Gasteiger partial charge is 0.309 e. The van der Waals surface area contributed by atoms with E-state index >= 15 is 0 Å². The number of benzene rings is 1. The van der Waals surface area contributed by atoms with E-state index in [1.165, 1.54) is 12.7 Å². The number of halogens is 1. The second-order valence-electron chi connectivity index (χ2n) is 3.21. The van der Waals surface area contributed by atoms with Gasteiger partial charge in [0.2, 0.25) is 0 Å². The highest BCUT2D eigenvalue weighted by Gasteiger charge is 1.97. The molecule has 0 unspecified atom stereocenters. The van der Waals surface area contributed by atoms with E-state index in [4.69, 9.17) is 0 Å². The van der Waals surface area contributed by atoms with Crippen molar-refractivity contribution in [1.82, 2.24) is 0 Å². The highest BCUT2D eigenvalue weighted by atomic mass is 79.9. The monoisotopic (exact) mass is 268 g/mol. The molecule has 0 aliphatic rings. The van der Waals surface area contributed by atoms with E-state index < -0.39 is 0 Å². The van der Waals surface area contributed by atoms with Gasteiger partial charge < -0.3 is 4.74 Å². The normalized spacial score (nSPS) is 10.6. The molecule has 0 saturated carbocycles. The minimum Gasteiger partial charge on any atom is -0.469 e. The summed E-state index contributed by atoms with van der Waals surface area (Å²) in [6.45, 7) is 2.03. The number of hydrogen-bond acceptors (Lipinski definition) is 2. The Bertz CT molecular complexity index is 383. The minimum atomic E-state index is -0.227. The third-order valence-corrected chi connectivity index (χ3v) is 2.65. The quantitative estimate of drug-likeness (QED) is 0.787. The summed E-state index contributed by atoms with van der Waals surface area (Å²) in [6, 6.07) is 6.08. The summed E-state index contributed by atoms with van der Waals surface area (Å²) in [5.41, 5.74) is 2.26. The van der Waals surface area contributed by atoms with E-state index in [1.807, 2.05) is 31.2 Å². The predicted octanol–water partition coefficient (Wildman–Crippen LogP) is 3.33. The fraction of sp³-hybridized carbons (Fsp3) is 0.250.